The van der Waals surface area contributed by atoms with Crippen molar-refractivity contribution in [2.24, 2.45) is 17.8 Å². The number of ether oxygens (including phenoxy) is 5. The number of cyclic esters (lactones) is 1. The van der Waals surface area contributed by atoms with Crippen LogP contribution in [0.5, 0.6) is 0 Å². The molecule has 0 spiro atoms. The van der Waals surface area contributed by atoms with Crippen molar-refractivity contribution >= 4 is 17.8 Å². The number of hydrogen-bond donors (Lipinski definition) is 2. The Balaban J connectivity index is 2.05. The van der Waals surface area contributed by atoms with E-state index >= 15 is 0 Å². The van der Waals surface area contributed by atoms with Gasteiger partial charge in [-0.1, -0.05) is 27.7 Å². The summed E-state index contributed by atoms with van der Waals surface area (Å²) in [7, 11) is 7.43. The highest BCUT2D eigenvalue weighted by atomic mass is 16.7. The van der Waals surface area contributed by atoms with E-state index < -0.39 is 65.7 Å². The third-order valence-corrected chi connectivity index (χ3v) is 11.7. The maximum atomic E-state index is 14.3. The van der Waals surface area contributed by atoms with Gasteiger partial charge in [0.15, 0.2) is 17.7 Å². The summed E-state index contributed by atoms with van der Waals surface area (Å²) < 4.78 is 31.4. The lowest BCUT2D eigenvalue weighted by atomic mass is 9.78. The van der Waals surface area contributed by atoms with Crippen molar-refractivity contribution in [3.05, 3.63) is 0 Å². The molecule has 3 aliphatic rings. The number of carbonyl (C=O) groups excluding carboxylic acids is 3. The van der Waals surface area contributed by atoms with Gasteiger partial charge in [0.2, 0.25) is 0 Å². The van der Waals surface area contributed by atoms with Crippen LogP contribution in [0.2, 0.25) is 0 Å². The Morgan fingerprint density at radius 3 is 2.28 bits per heavy atom. The van der Waals surface area contributed by atoms with Crippen molar-refractivity contribution in [3.63, 3.8) is 0 Å². The number of amides is 1. The number of Topliss-reactive ketones (excluding diaryl/α,β-unsaturated/α-hetero) is 1. The van der Waals surface area contributed by atoms with E-state index in [-0.39, 0.29) is 23.8 Å². The quantitative estimate of drug-likeness (QED) is 0.174. The van der Waals surface area contributed by atoms with Crippen LogP contribution in [0.1, 0.15) is 87.5 Å². The Hall–Kier alpha value is -1.87. The molecule has 0 radical (unpaired) electrons. The molecule has 3 rings (SSSR count). The number of carbonyl (C=O) groups is 3. The number of fused-ring (bicyclic) bond motifs is 1. The minimum atomic E-state index is -1.16. The second-order valence-corrected chi connectivity index (χ2v) is 15.7. The average molecular weight is 713 g/mol. The highest BCUT2D eigenvalue weighted by Crippen LogP contribution is 2.37. The Labute approximate surface area is 301 Å². The molecule has 2 N–H and O–H groups in total. The predicted octanol–water partition coefficient (Wildman–Crippen LogP) is 3.31. The number of likely N-dealkylation sites (tertiary alicyclic amines) is 1. The van der Waals surface area contributed by atoms with Crippen LogP contribution in [0.3, 0.4) is 0 Å². The molecular formula is C37H68N4O9. The zero-order chi connectivity index (χ0) is 37.6. The molecule has 13 heteroatoms. The van der Waals surface area contributed by atoms with Gasteiger partial charge in [-0.3, -0.25) is 9.59 Å². The van der Waals surface area contributed by atoms with E-state index in [2.05, 4.69) is 22.0 Å². The van der Waals surface area contributed by atoms with E-state index in [0.29, 0.717) is 39.0 Å². The summed E-state index contributed by atoms with van der Waals surface area (Å²) >= 11 is 0. The van der Waals surface area contributed by atoms with Crippen LogP contribution in [-0.4, -0.2) is 153 Å². The van der Waals surface area contributed by atoms with Gasteiger partial charge < -0.3 is 48.8 Å². The van der Waals surface area contributed by atoms with Gasteiger partial charge in [0.25, 0.3) is 0 Å². The number of esters is 1. The normalized spacial score (nSPS) is 37.3. The number of methoxy groups -OCH3 is 1. The lowest BCUT2D eigenvalue weighted by molar-refractivity contribution is -0.267. The number of nitrogens with one attached hydrogen (secondary N) is 1. The van der Waals surface area contributed by atoms with E-state index in [1.807, 2.05) is 53.7 Å². The number of rotatable bonds is 12. The minimum Gasteiger partial charge on any atom is -0.458 e. The predicted molar refractivity (Wildman–Crippen MR) is 191 cm³/mol. The first-order valence-corrected chi connectivity index (χ1v) is 18.8. The molecular weight excluding hydrogens is 644 g/mol. The molecule has 50 heavy (non-hydrogen) atoms. The lowest BCUT2D eigenvalue weighted by Crippen LogP contribution is -2.60. The molecule has 0 aromatic carbocycles. The van der Waals surface area contributed by atoms with E-state index in [1.165, 1.54) is 0 Å². The Morgan fingerprint density at radius 1 is 1.08 bits per heavy atom. The summed E-state index contributed by atoms with van der Waals surface area (Å²) in [6.45, 7) is 18.7. The molecule has 3 unspecified atom stereocenters. The largest absolute Gasteiger partial charge is 0.458 e. The van der Waals surface area contributed by atoms with E-state index in [9.17, 15) is 19.5 Å². The number of likely N-dealkylation sites (N-methyl/N-ethyl adjacent to an activating group) is 2. The van der Waals surface area contributed by atoms with Gasteiger partial charge in [-0.15, -0.1) is 0 Å². The standard InChI is InChI=1S/C37H68N4O9/c1-13-27(39(9)10)30(43)34(47-20-19-41-17-15-16-18-41)49-32-24(4)29(42)25(5)33(44)48-28(14-2)37(8)31(38-35(45)50-37)26(6)40(11)22-23(3)21-36(32,7)46-12/h23-28,30-32,34,43H,13-22H2,1-12H3,(H,38,45)/t23-,24+,25?,26-,27?,28-,30?,31-,32-,34+,36-,37-/m1/s1. The molecule has 3 heterocycles. The number of ketones is 1. The van der Waals surface area contributed by atoms with Crippen molar-refractivity contribution in [3.8, 4) is 0 Å². The first kappa shape index (κ1) is 42.5. The molecule has 13 nitrogen and oxygen atoms in total. The number of aliphatic hydroxyl groups excluding tert-OH is 1. The molecule has 3 fully saturated rings. The van der Waals surface area contributed by atoms with Crippen LogP contribution in [0.25, 0.3) is 0 Å². The summed E-state index contributed by atoms with van der Waals surface area (Å²) in [5, 5.41) is 14.8. The summed E-state index contributed by atoms with van der Waals surface area (Å²) in [4.78, 5) is 47.2. The maximum absolute atomic E-state index is 14.3. The molecule has 1 amide bonds. The maximum Gasteiger partial charge on any atom is 0.408 e. The van der Waals surface area contributed by atoms with E-state index in [0.717, 1.165) is 25.9 Å². The molecule has 0 aliphatic carbocycles. The third kappa shape index (κ3) is 9.76. The van der Waals surface area contributed by atoms with Gasteiger partial charge >= 0.3 is 12.1 Å². The SMILES string of the molecule is CCC(C(O)[C@@H](OCCN1CCCC1)O[C@@H]1[C@@H](C)C(=O)C(C)C(=O)O[C@H](CC)[C@@]2(C)OC(=O)N[C@@H]2[C@@H](C)N(C)C[C@H](C)C[C@@]1(C)OC)N(C)C. The molecule has 0 aromatic heterocycles. The van der Waals surface area contributed by atoms with Crippen molar-refractivity contribution in [2.45, 2.75) is 141 Å². The zero-order valence-corrected chi connectivity index (χ0v) is 32.9. The van der Waals surface area contributed by atoms with Crippen LogP contribution in [0.4, 0.5) is 4.79 Å². The first-order valence-electron chi connectivity index (χ1n) is 18.8. The van der Waals surface area contributed by atoms with Crippen LogP contribution < -0.4 is 5.32 Å². The smallest absolute Gasteiger partial charge is 0.408 e. The van der Waals surface area contributed by atoms with Gasteiger partial charge in [-0.2, -0.15) is 0 Å². The van der Waals surface area contributed by atoms with Gasteiger partial charge in [-0.25, -0.2) is 4.79 Å². The zero-order valence-electron chi connectivity index (χ0n) is 32.9. The molecule has 290 valence electrons. The van der Waals surface area contributed by atoms with Crippen molar-refractivity contribution < 1.29 is 43.2 Å². The molecule has 0 saturated carbocycles. The van der Waals surface area contributed by atoms with Gasteiger partial charge in [0, 0.05) is 38.2 Å². The monoisotopic (exact) mass is 712 g/mol. The lowest BCUT2D eigenvalue weighted by Gasteiger charge is -2.44. The third-order valence-electron chi connectivity index (χ3n) is 11.7. The highest BCUT2D eigenvalue weighted by Gasteiger charge is 2.56. The second-order valence-electron chi connectivity index (χ2n) is 15.7. The fraction of sp³-hybridized carbons (Fsp3) is 0.919. The molecule has 0 aromatic rings. The van der Waals surface area contributed by atoms with E-state index in [1.54, 1.807) is 27.9 Å². The molecule has 3 aliphatic heterocycles. The van der Waals surface area contributed by atoms with Crippen LogP contribution >= 0.6 is 0 Å². The van der Waals surface area contributed by atoms with Gasteiger partial charge in [0.05, 0.1) is 24.4 Å². The molecule has 12 atom stereocenters. The van der Waals surface area contributed by atoms with Gasteiger partial charge in [-0.05, 0) is 99.9 Å². The summed E-state index contributed by atoms with van der Waals surface area (Å²) in [5.41, 5.74) is -2.18. The minimum absolute atomic E-state index is 0.0390. The topological polar surface area (TPSA) is 139 Å². The first-order chi connectivity index (χ1) is 23.4. The Bertz CT molecular complexity index is 1120. The fourth-order valence-corrected chi connectivity index (χ4v) is 8.47. The van der Waals surface area contributed by atoms with Gasteiger partial charge in [0.1, 0.15) is 18.1 Å². The van der Waals surface area contributed by atoms with Crippen LogP contribution in [0, 0.1) is 17.8 Å². The average Bonchev–Trinajstić information content (AvgIpc) is 3.70. The number of alkyl carbamates (subject to hydrolysis) is 1. The Kier molecular flexibility index (Phi) is 15.5. The molecule has 3 saturated heterocycles. The summed E-state index contributed by atoms with van der Waals surface area (Å²) in [6, 6.07) is -0.939. The number of hydrogen-bond acceptors (Lipinski definition) is 12. The highest BCUT2D eigenvalue weighted by molar-refractivity contribution is 6.00. The number of nitrogens with zero attached hydrogens (tertiary/aromatic N) is 3. The summed E-state index contributed by atoms with van der Waals surface area (Å²) in [5.74, 6) is -3.03. The second kappa shape index (κ2) is 18.3. The number of aliphatic hydroxyl groups is 1. The van der Waals surface area contributed by atoms with E-state index in [4.69, 9.17) is 23.7 Å². The fourth-order valence-electron chi connectivity index (χ4n) is 8.47. The van der Waals surface area contributed by atoms with Crippen LogP contribution in [-0.2, 0) is 33.3 Å². The van der Waals surface area contributed by atoms with Crippen molar-refractivity contribution in [1.29, 1.82) is 0 Å². The Morgan fingerprint density at radius 2 is 1.72 bits per heavy atom. The van der Waals surface area contributed by atoms with Crippen molar-refractivity contribution in [2.75, 3.05) is 61.0 Å². The van der Waals surface area contributed by atoms with Crippen LogP contribution in [0.15, 0.2) is 0 Å². The van der Waals surface area contributed by atoms with Crippen molar-refractivity contribution in [1.82, 2.24) is 20.0 Å². The molecule has 0 bridgehead atoms. The summed E-state index contributed by atoms with van der Waals surface area (Å²) in [6.07, 6.45) is -0.507.